The Morgan fingerprint density at radius 3 is 2.89 bits per heavy atom. The molecule has 2 N–H and O–H groups in total. The lowest BCUT2D eigenvalue weighted by molar-refractivity contribution is 0.0699. The second-order valence-electron chi connectivity index (χ2n) is 4.62. The van der Waals surface area contributed by atoms with E-state index in [1.807, 2.05) is 0 Å². The van der Waals surface area contributed by atoms with Gasteiger partial charge in [0.05, 0.1) is 10.6 Å². The van der Waals surface area contributed by atoms with Crippen molar-refractivity contribution in [1.82, 2.24) is 4.90 Å². The van der Waals surface area contributed by atoms with E-state index in [2.05, 4.69) is 0 Å². The van der Waals surface area contributed by atoms with Crippen molar-refractivity contribution in [2.75, 3.05) is 13.1 Å². The first-order valence-electron chi connectivity index (χ1n) is 6.02. The van der Waals surface area contributed by atoms with Crippen molar-refractivity contribution in [1.29, 1.82) is 0 Å². The molecule has 1 aromatic rings. The van der Waals surface area contributed by atoms with E-state index in [1.54, 1.807) is 4.90 Å². The van der Waals surface area contributed by atoms with Gasteiger partial charge in [0.25, 0.3) is 5.91 Å². The zero-order valence-electron chi connectivity index (χ0n) is 10.2. The maximum atomic E-state index is 13.7. The fourth-order valence-electron chi connectivity index (χ4n) is 2.23. The molecular formula is C13H14ClFN2OS. The molecule has 0 spiro atoms. The van der Waals surface area contributed by atoms with Crippen LogP contribution in [0.2, 0.25) is 5.02 Å². The van der Waals surface area contributed by atoms with Crippen LogP contribution < -0.4 is 5.73 Å². The monoisotopic (exact) mass is 300 g/mol. The molecule has 0 saturated carbocycles. The van der Waals surface area contributed by atoms with E-state index >= 15 is 0 Å². The minimum Gasteiger partial charge on any atom is -0.393 e. The molecule has 1 atom stereocenters. The summed E-state index contributed by atoms with van der Waals surface area (Å²) in [6.07, 6.45) is 1.70. The van der Waals surface area contributed by atoms with Gasteiger partial charge in [-0.15, -0.1) is 0 Å². The highest BCUT2D eigenvalue weighted by Crippen LogP contribution is 2.21. The summed E-state index contributed by atoms with van der Waals surface area (Å²) in [7, 11) is 0. The molecule has 0 aliphatic carbocycles. The normalized spacial score (nSPS) is 19.3. The largest absolute Gasteiger partial charge is 0.393 e. The fraction of sp³-hybridized carbons (Fsp3) is 0.385. The van der Waals surface area contributed by atoms with Crippen LogP contribution in [0, 0.1) is 11.7 Å². The standard InChI is InChI=1S/C13H14ClFN2OS/c14-9-3-4-10(11(15)6-9)13(18)17-5-1-2-8(7-17)12(16)19/h3-4,6,8H,1-2,5,7H2,(H2,16,19). The predicted octanol–water partition coefficient (Wildman–Crippen LogP) is 2.62. The molecule has 102 valence electrons. The molecule has 2 rings (SSSR count). The number of hydrogen-bond donors (Lipinski definition) is 1. The Hall–Kier alpha value is -1.20. The lowest BCUT2D eigenvalue weighted by Crippen LogP contribution is -2.43. The molecule has 1 amide bonds. The number of rotatable bonds is 2. The van der Waals surface area contributed by atoms with Gasteiger partial charge in [0, 0.05) is 24.0 Å². The molecule has 0 aromatic heterocycles. The molecule has 0 bridgehead atoms. The van der Waals surface area contributed by atoms with Gasteiger partial charge in [0.2, 0.25) is 0 Å². The number of carbonyl (C=O) groups is 1. The van der Waals surface area contributed by atoms with E-state index in [1.165, 1.54) is 12.1 Å². The minimum absolute atomic E-state index is 0.0167. The van der Waals surface area contributed by atoms with Crippen LogP contribution in [-0.2, 0) is 0 Å². The van der Waals surface area contributed by atoms with Crippen molar-refractivity contribution in [2.45, 2.75) is 12.8 Å². The molecule has 6 heteroatoms. The number of nitrogens with zero attached hydrogens (tertiary/aromatic N) is 1. The van der Waals surface area contributed by atoms with E-state index in [4.69, 9.17) is 29.6 Å². The van der Waals surface area contributed by atoms with Gasteiger partial charge in [-0.25, -0.2) is 4.39 Å². The Balaban J connectivity index is 2.17. The van der Waals surface area contributed by atoms with Crippen molar-refractivity contribution in [3.8, 4) is 0 Å². The van der Waals surface area contributed by atoms with Gasteiger partial charge in [-0.05, 0) is 31.0 Å². The second-order valence-corrected chi connectivity index (χ2v) is 5.52. The number of likely N-dealkylation sites (tertiary alicyclic amines) is 1. The molecule has 1 aliphatic heterocycles. The number of hydrogen-bond acceptors (Lipinski definition) is 2. The molecule has 1 saturated heterocycles. The number of piperidine rings is 1. The van der Waals surface area contributed by atoms with Crippen molar-refractivity contribution in [3.05, 3.63) is 34.6 Å². The number of carbonyl (C=O) groups excluding carboxylic acids is 1. The van der Waals surface area contributed by atoms with Gasteiger partial charge in [-0.2, -0.15) is 0 Å². The third kappa shape index (κ3) is 3.22. The van der Waals surface area contributed by atoms with Crippen LogP contribution in [0.15, 0.2) is 18.2 Å². The fourth-order valence-corrected chi connectivity index (χ4v) is 2.58. The topological polar surface area (TPSA) is 46.3 Å². The van der Waals surface area contributed by atoms with Crippen molar-refractivity contribution < 1.29 is 9.18 Å². The quantitative estimate of drug-likeness (QED) is 0.854. The summed E-state index contributed by atoms with van der Waals surface area (Å²) in [6.45, 7) is 1.05. The minimum atomic E-state index is -0.602. The molecule has 0 radical (unpaired) electrons. The van der Waals surface area contributed by atoms with Crippen LogP contribution in [-0.4, -0.2) is 28.9 Å². The lowest BCUT2D eigenvalue weighted by Gasteiger charge is -2.32. The Morgan fingerprint density at radius 2 is 2.26 bits per heavy atom. The summed E-state index contributed by atoms with van der Waals surface area (Å²) in [6, 6.07) is 4.06. The zero-order chi connectivity index (χ0) is 14.0. The first kappa shape index (κ1) is 14.2. The number of thiocarbonyl (C=S) groups is 1. The molecule has 1 unspecified atom stereocenters. The van der Waals surface area contributed by atoms with Gasteiger partial charge < -0.3 is 10.6 Å². The Bertz CT molecular complexity index is 523. The highest BCUT2D eigenvalue weighted by atomic mass is 35.5. The van der Waals surface area contributed by atoms with Gasteiger partial charge >= 0.3 is 0 Å². The van der Waals surface area contributed by atoms with Crippen molar-refractivity contribution in [3.63, 3.8) is 0 Å². The third-order valence-electron chi connectivity index (χ3n) is 3.27. The lowest BCUT2D eigenvalue weighted by atomic mass is 9.97. The molecule has 1 aromatic carbocycles. The first-order chi connectivity index (χ1) is 8.99. The highest BCUT2D eigenvalue weighted by Gasteiger charge is 2.27. The molecule has 19 heavy (non-hydrogen) atoms. The molecule has 1 aliphatic rings. The first-order valence-corrected chi connectivity index (χ1v) is 6.81. The molecular weight excluding hydrogens is 287 g/mol. The number of amides is 1. The Kier molecular flexibility index (Phi) is 4.37. The van der Waals surface area contributed by atoms with Crippen LogP contribution in [0.1, 0.15) is 23.2 Å². The predicted molar refractivity (Wildman–Crippen MR) is 76.8 cm³/mol. The molecule has 1 fully saturated rings. The maximum absolute atomic E-state index is 13.7. The van der Waals surface area contributed by atoms with Crippen molar-refractivity contribution >= 4 is 34.7 Å². The number of halogens is 2. The Labute approximate surface area is 121 Å². The molecule has 3 nitrogen and oxygen atoms in total. The molecule has 1 heterocycles. The van der Waals surface area contributed by atoms with E-state index in [0.717, 1.165) is 18.9 Å². The van der Waals surface area contributed by atoms with E-state index in [9.17, 15) is 9.18 Å². The van der Waals surface area contributed by atoms with Crippen LogP contribution in [0.3, 0.4) is 0 Å². The zero-order valence-corrected chi connectivity index (χ0v) is 11.8. The van der Waals surface area contributed by atoms with Gasteiger partial charge in [-0.1, -0.05) is 23.8 Å². The Morgan fingerprint density at radius 1 is 1.53 bits per heavy atom. The van der Waals surface area contributed by atoms with Gasteiger partial charge in [-0.3, -0.25) is 4.79 Å². The van der Waals surface area contributed by atoms with E-state index in [-0.39, 0.29) is 22.4 Å². The van der Waals surface area contributed by atoms with Crippen LogP contribution >= 0.6 is 23.8 Å². The average molecular weight is 301 g/mol. The summed E-state index contributed by atoms with van der Waals surface area (Å²) in [5.74, 6) is -0.923. The second kappa shape index (κ2) is 5.84. The summed E-state index contributed by atoms with van der Waals surface area (Å²) >= 11 is 10.6. The summed E-state index contributed by atoms with van der Waals surface area (Å²) < 4.78 is 13.7. The number of benzene rings is 1. The highest BCUT2D eigenvalue weighted by molar-refractivity contribution is 7.80. The van der Waals surface area contributed by atoms with E-state index in [0.29, 0.717) is 18.1 Å². The SMILES string of the molecule is NC(=S)C1CCCN(C(=O)c2ccc(Cl)cc2F)C1. The van der Waals surface area contributed by atoms with Crippen LogP contribution in [0.5, 0.6) is 0 Å². The van der Waals surface area contributed by atoms with Crippen LogP contribution in [0.4, 0.5) is 4.39 Å². The number of nitrogens with two attached hydrogens (primary N) is 1. The van der Waals surface area contributed by atoms with Crippen molar-refractivity contribution in [2.24, 2.45) is 11.7 Å². The smallest absolute Gasteiger partial charge is 0.256 e. The summed E-state index contributed by atoms with van der Waals surface area (Å²) in [5.41, 5.74) is 5.66. The average Bonchev–Trinajstić information content (AvgIpc) is 2.38. The van der Waals surface area contributed by atoms with Crippen LogP contribution in [0.25, 0.3) is 0 Å². The van der Waals surface area contributed by atoms with E-state index < -0.39 is 5.82 Å². The summed E-state index contributed by atoms with van der Waals surface area (Å²) in [4.78, 5) is 14.3. The third-order valence-corrected chi connectivity index (χ3v) is 3.84. The van der Waals surface area contributed by atoms with Gasteiger partial charge in [0.1, 0.15) is 5.82 Å². The van der Waals surface area contributed by atoms with Gasteiger partial charge in [0.15, 0.2) is 0 Å². The summed E-state index contributed by atoms with van der Waals surface area (Å²) in [5, 5.41) is 0.272. The maximum Gasteiger partial charge on any atom is 0.256 e.